The summed E-state index contributed by atoms with van der Waals surface area (Å²) in [7, 11) is 1.66. The lowest BCUT2D eigenvalue weighted by Gasteiger charge is -2.39. The molecule has 2 aromatic heterocycles. The Morgan fingerprint density at radius 1 is 1.28 bits per heavy atom. The van der Waals surface area contributed by atoms with Gasteiger partial charge in [-0.15, -0.1) is 11.3 Å². The summed E-state index contributed by atoms with van der Waals surface area (Å²) in [6.07, 6.45) is 6.97. The van der Waals surface area contributed by atoms with Crippen LogP contribution in [0.25, 0.3) is 22.0 Å². The summed E-state index contributed by atoms with van der Waals surface area (Å²) in [4.78, 5) is 20.4. The van der Waals surface area contributed by atoms with Gasteiger partial charge in [0.05, 0.1) is 30.4 Å². The quantitative estimate of drug-likeness (QED) is 0.321. The van der Waals surface area contributed by atoms with Crippen molar-refractivity contribution in [3.8, 4) is 16.5 Å². The number of carboxylic acids is 1. The van der Waals surface area contributed by atoms with E-state index in [1.807, 2.05) is 37.4 Å². The largest absolute Gasteiger partial charge is 0.496 e. The molecule has 0 radical (unpaired) electrons. The van der Waals surface area contributed by atoms with Crippen molar-refractivity contribution in [1.82, 2.24) is 9.88 Å². The zero-order valence-electron chi connectivity index (χ0n) is 22.7. The van der Waals surface area contributed by atoms with Crippen LogP contribution in [0.15, 0.2) is 53.9 Å². The van der Waals surface area contributed by atoms with Crippen LogP contribution in [0.5, 0.6) is 5.75 Å². The summed E-state index contributed by atoms with van der Waals surface area (Å²) in [5, 5.41) is 10.1. The van der Waals surface area contributed by atoms with E-state index in [1.165, 1.54) is 0 Å². The highest BCUT2D eigenvalue weighted by atomic mass is 32.1. The number of aromatic nitrogens is 1. The van der Waals surface area contributed by atoms with Crippen LogP contribution in [0.1, 0.15) is 60.8 Å². The summed E-state index contributed by atoms with van der Waals surface area (Å²) >= 11 is 1.58. The molecule has 1 N–H and O–H groups in total. The summed E-state index contributed by atoms with van der Waals surface area (Å²) in [5.41, 5.74) is 3.18. The number of rotatable bonds is 9. The predicted octanol–water partition coefficient (Wildman–Crippen LogP) is 6.54. The number of aliphatic carboxylic acids is 1. The van der Waals surface area contributed by atoms with Crippen molar-refractivity contribution in [3.05, 3.63) is 71.1 Å². The van der Waals surface area contributed by atoms with Crippen molar-refractivity contribution >= 4 is 28.6 Å². The number of carbonyl (C=O) groups is 1. The van der Waals surface area contributed by atoms with Crippen LogP contribution in [-0.4, -0.2) is 52.9 Å². The van der Waals surface area contributed by atoms with E-state index in [0.717, 1.165) is 50.6 Å². The highest BCUT2D eigenvalue weighted by molar-refractivity contribution is 7.17. The molecule has 9 heteroatoms. The molecule has 0 spiro atoms. The SMILES string of the molecule is C=C1c2c(sc(-c3ncco3)c2C)C(C[C@H](OC2CCOCC2)c2ccccc2OC)=CN1C(C)(C)C(=O)O. The van der Waals surface area contributed by atoms with E-state index in [2.05, 4.69) is 11.6 Å². The molecule has 1 aromatic carbocycles. The Balaban J connectivity index is 1.62. The molecule has 0 saturated carbocycles. The lowest BCUT2D eigenvalue weighted by atomic mass is 9.90. The molecular weight excluding hydrogens is 516 g/mol. The molecule has 8 nitrogen and oxygen atoms in total. The van der Waals surface area contributed by atoms with Crippen molar-refractivity contribution in [2.75, 3.05) is 20.3 Å². The fourth-order valence-corrected chi connectivity index (χ4v) is 6.48. The highest BCUT2D eigenvalue weighted by Gasteiger charge is 2.40. The molecule has 0 unspecified atom stereocenters. The third-order valence-electron chi connectivity index (χ3n) is 7.47. The van der Waals surface area contributed by atoms with Gasteiger partial charge in [0.25, 0.3) is 0 Å². The fraction of sp³-hybridized carbons (Fsp3) is 0.400. The van der Waals surface area contributed by atoms with Gasteiger partial charge < -0.3 is 28.6 Å². The van der Waals surface area contributed by atoms with Crippen molar-refractivity contribution < 1.29 is 28.5 Å². The van der Waals surface area contributed by atoms with Gasteiger partial charge >= 0.3 is 5.97 Å². The van der Waals surface area contributed by atoms with Gasteiger partial charge in [0.2, 0.25) is 5.89 Å². The van der Waals surface area contributed by atoms with E-state index in [0.29, 0.717) is 31.2 Å². The molecule has 206 valence electrons. The number of hydrogen-bond acceptors (Lipinski definition) is 8. The van der Waals surface area contributed by atoms with Gasteiger partial charge in [-0.1, -0.05) is 24.8 Å². The molecule has 2 aliphatic rings. The number of nitrogens with zero attached hydrogens (tertiary/aromatic N) is 2. The maximum atomic E-state index is 12.4. The zero-order chi connectivity index (χ0) is 27.7. The average molecular weight is 551 g/mol. The van der Waals surface area contributed by atoms with Crippen molar-refractivity contribution in [3.63, 3.8) is 0 Å². The molecule has 0 bridgehead atoms. The maximum absolute atomic E-state index is 12.4. The monoisotopic (exact) mass is 550 g/mol. The molecule has 1 atom stereocenters. The normalized spacial score (nSPS) is 17.1. The van der Waals surface area contributed by atoms with E-state index >= 15 is 0 Å². The topological polar surface area (TPSA) is 94.3 Å². The first-order chi connectivity index (χ1) is 18.7. The average Bonchev–Trinajstić information content (AvgIpc) is 3.58. The number of ether oxygens (including phenoxy) is 3. The second-order valence-electron chi connectivity index (χ2n) is 10.3. The molecule has 3 aromatic rings. The van der Waals surface area contributed by atoms with Gasteiger partial charge in [0, 0.05) is 47.5 Å². The van der Waals surface area contributed by atoms with Crippen molar-refractivity contribution in [2.45, 2.75) is 57.8 Å². The van der Waals surface area contributed by atoms with Crippen LogP contribution in [0, 0.1) is 6.92 Å². The Bertz CT molecular complexity index is 1380. The lowest BCUT2D eigenvalue weighted by molar-refractivity contribution is -0.146. The Kier molecular flexibility index (Phi) is 7.66. The summed E-state index contributed by atoms with van der Waals surface area (Å²) < 4.78 is 23.7. The molecular formula is C30H34N2O6S. The molecule has 5 rings (SSSR count). The summed E-state index contributed by atoms with van der Waals surface area (Å²) in [6.45, 7) is 11.1. The summed E-state index contributed by atoms with van der Waals surface area (Å²) in [6, 6.07) is 7.89. The van der Waals surface area contributed by atoms with E-state index in [9.17, 15) is 9.90 Å². The van der Waals surface area contributed by atoms with E-state index in [1.54, 1.807) is 49.7 Å². The van der Waals surface area contributed by atoms with Crippen LogP contribution in [-0.2, 0) is 14.3 Å². The molecule has 1 saturated heterocycles. The van der Waals surface area contributed by atoms with Crippen LogP contribution in [0.3, 0.4) is 0 Å². The molecule has 0 aliphatic carbocycles. The van der Waals surface area contributed by atoms with Crippen LogP contribution in [0.4, 0.5) is 0 Å². The first-order valence-electron chi connectivity index (χ1n) is 13.0. The number of carboxylic acid groups (broad SMARTS) is 1. The zero-order valence-corrected chi connectivity index (χ0v) is 23.5. The second kappa shape index (κ2) is 11.0. The first-order valence-corrected chi connectivity index (χ1v) is 13.9. The Morgan fingerprint density at radius 3 is 2.69 bits per heavy atom. The van der Waals surface area contributed by atoms with E-state index in [4.69, 9.17) is 18.6 Å². The van der Waals surface area contributed by atoms with E-state index < -0.39 is 11.5 Å². The van der Waals surface area contributed by atoms with Crippen molar-refractivity contribution in [1.29, 1.82) is 0 Å². The minimum atomic E-state index is -1.22. The molecule has 0 amide bonds. The number of hydrogen-bond donors (Lipinski definition) is 1. The first kappa shape index (κ1) is 27.2. The fourth-order valence-electron chi connectivity index (χ4n) is 5.19. The number of oxazole rings is 1. The van der Waals surface area contributed by atoms with Crippen LogP contribution >= 0.6 is 11.3 Å². The third-order valence-corrected chi connectivity index (χ3v) is 8.83. The standard InChI is InChI=1S/C30H34N2O6S/c1-18-25-19(2)32(30(3,4)29(33)34)17-20(27(25)39-26(18)28-31-12-15-37-28)16-24(38-21-10-13-36-14-11-21)22-8-6-7-9-23(22)35-5/h6-9,12,15,17,21,24H,2,10-11,13-14,16H2,1,3-5H3,(H,33,34)/t24-/m0/s1. The Labute approximate surface area is 232 Å². The van der Waals surface area contributed by atoms with Crippen LogP contribution in [0.2, 0.25) is 0 Å². The molecule has 39 heavy (non-hydrogen) atoms. The predicted molar refractivity (Wildman–Crippen MR) is 150 cm³/mol. The van der Waals surface area contributed by atoms with Crippen molar-refractivity contribution in [2.24, 2.45) is 0 Å². The Morgan fingerprint density at radius 2 is 2.03 bits per heavy atom. The number of thiophene rings is 1. The number of benzene rings is 1. The Hall–Kier alpha value is -3.40. The third kappa shape index (κ3) is 5.14. The number of para-hydroxylation sites is 1. The molecule has 4 heterocycles. The molecule has 2 aliphatic heterocycles. The summed E-state index contributed by atoms with van der Waals surface area (Å²) in [5.74, 6) is 0.340. The van der Waals surface area contributed by atoms with Gasteiger partial charge in [-0.25, -0.2) is 9.78 Å². The second-order valence-corrected chi connectivity index (χ2v) is 11.3. The van der Waals surface area contributed by atoms with Gasteiger partial charge in [-0.3, -0.25) is 0 Å². The smallest absolute Gasteiger partial charge is 0.329 e. The maximum Gasteiger partial charge on any atom is 0.329 e. The van der Waals surface area contributed by atoms with Crippen LogP contribution < -0.4 is 4.74 Å². The lowest BCUT2D eigenvalue weighted by Crippen LogP contribution is -2.47. The van der Waals surface area contributed by atoms with Gasteiger partial charge in [0.15, 0.2) is 0 Å². The van der Waals surface area contributed by atoms with Gasteiger partial charge in [-0.2, -0.15) is 0 Å². The minimum absolute atomic E-state index is 0.0480. The van der Waals surface area contributed by atoms with E-state index in [-0.39, 0.29) is 12.2 Å². The van der Waals surface area contributed by atoms with Gasteiger partial charge in [0.1, 0.15) is 17.6 Å². The number of fused-ring (bicyclic) bond motifs is 1. The minimum Gasteiger partial charge on any atom is -0.496 e. The van der Waals surface area contributed by atoms with Gasteiger partial charge in [-0.05, 0) is 50.8 Å². The molecule has 1 fully saturated rings. The number of methoxy groups -OCH3 is 1. The highest BCUT2D eigenvalue weighted by Crippen LogP contribution is 2.50.